The van der Waals surface area contributed by atoms with Crippen LogP contribution in [0.25, 0.3) is 0 Å². The lowest BCUT2D eigenvalue weighted by Crippen LogP contribution is -2.16. The molecule has 11 heavy (non-hydrogen) atoms. The highest BCUT2D eigenvalue weighted by Gasteiger charge is 2.11. The molecule has 0 aliphatic carbocycles. The molecule has 1 unspecified atom stereocenters. The molecular weight excluding hydrogens is 150 g/mol. The first-order valence-corrected chi connectivity index (χ1v) is 2.84. The minimum absolute atomic E-state index is 0.113. The number of aliphatic carboxylic acids is 1. The van der Waals surface area contributed by atoms with E-state index in [2.05, 4.69) is 4.99 Å². The van der Waals surface area contributed by atoms with Crippen molar-refractivity contribution in [2.45, 2.75) is 0 Å². The summed E-state index contributed by atoms with van der Waals surface area (Å²) in [6, 6.07) is 0. The van der Waals surface area contributed by atoms with Crippen molar-refractivity contribution < 1.29 is 19.5 Å². The summed E-state index contributed by atoms with van der Waals surface area (Å²) in [4.78, 5) is 33.2. The van der Waals surface area contributed by atoms with Gasteiger partial charge in [0.2, 0.25) is 0 Å². The zero-order valence-corrected chi connectivity index (χ0v) is 5.64. The van der Waals surface area contributed by atoms with E-state index in [9.17, 15) is 14.4 Å². The van der Waals surface area contributed by atoms with Gasteiger partial charge in [0, 0.05) is 6.21 Å². The number of aldehydes is 2. The van der Waals surface area contributed by atoms with Gasteiger partial charge in [-0.25, -0.2) is 0 Å². The number of hydrogen-bond donors (Lipinski definition) is 1. The largest absolute Gasteiger partial charge is 0.480 e. The average Bonchev–Trinajstić information content (AvgIpc) is 1.97. The van der Waals surface area contributed by atoms with E-state index in [1.54, 1.807) is 0 Å². The standard InChI is InChI=1S/C6H7NO4/c8-2-1-7-3-5(4-9)6(10)11/h2-5H,1H2,(H,10,11). The quantitative estimate of drug-likeness (QED) is 0.320. The first-order chi connectivity index (χ1) is 5.22. The van der Waals surface area contributed by atoms with Gasteiger partial charge in [0.05, 0.1) is 6.54 Å². The molecule has 0 bridgehead atoms. The lowest BCUT2D eigenvalue weighted by atomic mass is 10.2. The van der Waals surface area contributed by atoms with Gasteiger partial charge in [-0.05, 0) is 0 Å². The van der Waals surface area contributed by atoms with Crippen LogP contribution in [0.3, 0.4) is 0 Å². The van der Waals surface area contributed by atoms with E-state index in [0.717, 1.165) is 6.21 Å². The minimum Gasteiger partial charge on any atom is -0.480 e. The van der Waals surface area contributed by atoms with Gasteiger partial charge in [-0.15, -0.1) is 0 Å². The van der Waals surface area contributed by atoms with Crippen molar-refractivity contribution >= 4 is 24.8 Å². The number of carbonyl (C=O) groups is 3. The number of aliphatic imine (C=N–C) groups is 1. The number of carboxylic acids is 1. The maximum absolute atomic E-state index is 10.1. The Morgan fingerprint density at radius 1 is 1.55 bits per heavy atom. The minimum atomic E-state index is -1.27. The summed E-state index contributed by atoms with van der Waals surface area (Å²) in [5, 5.41) is 8.26. The van der Waals surface area contributed by atoms with Crippen molar-refractivity contribution in [1.82, 2.24) is 0 Å². The summed E-state index contributed by atoms with van der Waals surface area (Å²) in [6.07, 6.45) is 1.70. The number of hydrogen-bond acceptors (Lipinski definition) is 4. The van der Waals surface area contributed by atoms with Gasteiger partial charge in [0.25, 0.3) is 0 Å². The maximum atomic E-state index is 10.1. The maximum Gasteiger partial charge on any atom is 0.319 e. The Morgan fingerprint density at radius 2 is 2.18 bits per heavy atom. The second kappa shape index (κ2) is 5.28. The van der Waals surface area contributed by atoms with Crippen LogP contribution < -0.4 is 0 Å². The van der Waals surface area contributed by atoms with Crippen LogP contribution >= 0.6 is 0 Å². The molecule has 0 aromatic carbocycles. The Balaban J connectivity index is 3.96. The molecule has 0 saturated heterocycles. The zero-order chi connectivity index (χ0) is 8.69. The van der Waals surface area contributed by atoms with Crippen LogP contribution in [0.5, 0.6) is 0 Å². The van der Waals surface area contributed by atoms with Gasteiger partial charge >= 0.3 is 5.97 Å². The Hall–Kier alpha value is -1.52. The highest BCUT2D eigenvalue weighted by molar-refractivity contribution is 6.03. The van der Waals surface area contributed by atoms with Crippen molar-refractivity contribution in [3.63, 3.8) is 0 Å². The normalized spacial score (nSPS) is 12.7. The number of rotatable bonds is 5. The molecule has 0 spiro atoms. The summed E-state index contributed by atoms with van der Waals surface area (Å²) in [5.41, 5.74) is 0. The molecule has 1 atom stereocenters. The first-order valence-electron chi connectivity index (χ1n) is 2.84. The summed E-state index contributed by atoms with van der Waals surface area (Å²) < 4.78 is 0. The third-order valence-electron chi connectivity index (χ3n) is 0.878. The molecule has 0 amide bonds. The van der Waals surface area contributed by atoms with E-state index in [1.165, 1.54) is 0 Å². The molecule has 0 heterocycles. The Morgan fingerprint density at radius 3 is 2.55 bits per heavy atom. The molecule has 5 heteroatoms. The van der Waals surface area contributed by atoms with Crippen LogP contribution in [0, 0.1) is 5.92 Å². The average molecular weight is 157 g/mol. The summed E-state index contributed by atoms with van der Waals surface area (Å²) in [7, 11) is 0. The zero-order valence-electron chi connectivity index (χ0n) is 5.64. The van der Waals surface area contributed by atoms with E-state index in [1.807, 2.05) is 0 Å². The fourth-order valence-electron chi connectivity index (χ4n) is 0.375. The van der Waals surface area contributed by atoms with Crippen LogP contribution in [0.4, 0.5) is 0 Å². The SMILES string of the molecule is O=CCN=CC(C=O)C(=O)O. The predicted octanol–water partition coefficient (Wildman–Crippen LogP) is -0.844. The first kappa shape index (κ1) is 9.48. The van der Waals surface area contributed by atoms with Gasteiger partial charge in [-0.2, -0.15) is 0 Å². The molecule has 0 aliphatic heterocycles. The molecule has 0 fully saturated rings. The van der Waals surface area contributed by atoms with Crippen molar-refractivity contribution in [3.05, 3.63) is 0 Å². The Kier molecular flexibility index (Phi) is 4.55. The molecule has 0 radical (unpaired) electrons. The number of nitrogens with zero attached hydrogens (tertiary/aromatic N) is 1. The van der Waals surface area contributed by atoms with Crippen molar-refractivity contribution in [1.29, 1.82) is 0 Å². The lowest BCUT2D eigenvalue weighted by Gasteiger charge is -1.92. The molecule has 0 aliphatic rings. The fraction of sp³-hybridized carbons (Fsp3) is 0.333. The highest BCUT2D eigenvalue weighted by atomic mass is 16.4. The van der Waals surface area contributed by atoms with E-state index >= 15 is 0 Å². The lowest BCUT2D eigenvalue weighted by molar-refractivity contribution is -0.140. The molecule has 0 aromatic rings. The van der Waals surface area contributed by atoms with Crippen molar-refractivity contribution in [2.75, 3.05) is 6.54 Å². The van der Waals surface area contributed by atoms with E-state index in [-0.39, 0.29) is 12.8 Å². The number of carbonyl (C=O) groups excluding carboxylic acids is 2. The van der Waals surface area contributed by atoms with Crippen LogP contribution in [-0.2, 0) is 14.4 Å². The van der Waals surface area contributed by atoms with E-state index in [4.69, 9.17) is 5.11 Å². The summed E-state index contributed by atoms with van der Waals surface area (Å²) in [6.45, 7) is -0.113. The predicted molar refractivity (Wildman–Crippen MR) is 36.6 cm³/mol. The van der Waals surface area contributed by atoms with Crippen molar-refractivity contribution in [3.8, 4) is 0 Å². The van der Waals surface area contributed by atoms with Gasteiger partial charge < -0.3 is 14.7 Å². The fourth-order valence-corrected chi connectivity index (χ4v) is 0.375. The number of carboxylic acid groups (broad SMARTS) is 1. The molecule has 60 valence electrons. The molecule has 1 N–H and O–H groups in total. The smallest absolute Gasteiger partial charge is 0.319 e. The molecule has 0 rings (SSSR count). The summed E-state index contributed by atoms with van der Waals surface area (Å²) in [5.74, 6) is -2.51. The Labute approximate surface area is 62.7 Å². The van der Waals surface area contributed by atoms with Crippen LogP contribution in [-0.4, -0.2) is 36.4 Å². The van der Waals surface area contributed by atoms with Crippen molar-refractivity contribution in [2.24, 2.45) is 10.9 Å². The third kappa shape index (κ3) is 3.96. The monoisotopic (exact) mass is 157 g/mol. The van der Waals surface area contributed by atoms with Gasteiger partial charge in [0.1, 0.15) is 18.5 Å². The van der Waals surface area contributed by atoms with Crippen LogP contribution in [0.1, 0.15) is 0 Å². The van der Waals surface area contributed by atoms with Gasteiger partial charge in [-0.1, -0.05) is 0 Å². The Bertz CT molecular complexity index is 187. The second-order valence-corrected chi connectivity index (χ2v) is 1.68. The van der Waals surface area contributed by atoms with E-state index < -0.39 is 11.9 Å². The molecule has 0 saturated carbocycles. The second-order valence-electron chi connectivity index (χ2n) is 1.68. The third-order valence-corrected chi connectivity index (χ3v) is 0.878. The van der Waals surface area contributed by atoms with Crippen LogP contribution in [0.2, 0.25) is 0 Å². The highest BCUT2D eigenvalue weighted by Crippen LogP contribution is 1.86. The molecular formula is C6H7NO4. The summed E-state index contributed by atoms with van der Waals surface area (Å²) >= 11 is 0. The van der Waals surface area contributed by atoms with Gasteiger partial charge in [-0.3, -0.25) is 9.79 Å². The van der Waals surface area contributed by atoms with E-state index in [0.29, 0.717) is 6.29 Å². The van der Waals surface area contributed by atoms with Crippen LogP contribution in [0.15, 0.2) is 4.99 Å². The molecule has 5 nitrogen and oxygen atoms in total. The molecule has 0 aromatic heterocycles. The van der Waals surface area contributed by atoms with Gasteiger partial charge in [0.15, 0.2) is 0 Å². The topological polar surface area (TPSA) is 83.8 Å².